The fourth-order valence-corrected chi connectivity index (χ4v) is 4.24. The second kappa shape index (κ2) is 10.4. The molecule has 0 radical (unpaired) electrons. The number of anilines is 1. The average Bonchev–Trinajstić information content (AvgIpc) is 3.48. The van der Waals surface area contributed by atoms with Crippen molar-refractivity contribution in [1.82, 2.24) is 19.5 Å². The number of benzene rings is 1. The Morgan fingerprint density at radius 2 is 1.92 bits per heavy atom. The van der Waals surface area contributed by atoms with Crippen LogP contribution < -0.4 is 16.9 Å². The molecule has 3 heterocycles. The normalized spacial score (nSPS) is 15.4. The van der Waals surface area contributed by atoms with E-state index in [4.69, 9.17) is 11.6 Å². The molecule has 1 unspecified atom stereocenters. The second-order valence-corrected chi connectivity index (χ2v) is 8.65. The zero-order valence-corrected chi connectivity index (χ0v) is 20.3. The number of nitrogens with one attached hydrogen (secondary N) is 1. The van der Waals surface area contributed by atoms with Gasteiger partial charge >= 0.3 is 0 Å². The lowest BCUT2D eigenvalue weighted by atomic mass is 10.1. The van der Waals surface area contributed by atoms with Gasteiger partial charge in [0.25, 0.3) is 11.8 Å². The van der Waals surface area contributed by atoms with E-state index >= 15 is 0 Å². The van der Waals surface area contributed by atoms with Gasteiger partial charge in [0.15, 0.2) is 11.5 Å². The van der Waals surface area contributed by atoms with Gasteiger partial charge in [0.05, 0.1) is 6.04 Å². The molecule has 0 saturated carbocycles. The van der Waals surface area contributed by atoms with Gasteiger partial charge in [-0.05, 0) is 56.0 Å². The van der Waals surface area contributed by atoms with E-state index in [-0.39, 0.29) is 23.6 Å². The number of allylic oxidation sites excluding steroid dienone is 1. The minimum Gasteiger partial charge on any atom is -0.364 e. The predicted molar refractivity (Wildman–Crippen MR) is 136 cm³/mol. The highest BCUT2D eigenvalue weighted by Gasteiger charge is 2.34. The largest absolute Gasteiger partial charge is 0.364 e. The number of hydrogen-bond donors (Lipinski definition) is 3. The van der Waals surface area contributed by atoms with Crippen molar-refractivity contribution in [1.29, 1.82) is 0 Å². The highest BCUT2D eigenvalue weighted by Crippen LogP contribution is 2.34. The second-order valence-electron chi connectivity index (χ2n) is 8.65. The fourth-order valence-electron chi connectivity index (χ4n) is 4.24. The molecule has 2 aromatic heterocycles. The lowest BCUT2D eigenvalue weighted by Gasteiger charge is -2.23. The summed E-state index contributed by atoms with van der Waals surface area (Å²) in [4.78, 5) is 48.2. The summed E-state index contributed by atoms with van der Waals surface area (Å²) in [5, 5.41) is 2.75. The molecule has 10 heteroatoms. The molecule has 3 aromatic rings. The van der Waals surface area contributed by atoms with Crippen molar-refractivity contribution in [2.45, 2.75) is 39.2 Å². The summed E-state index contributed by atoms with van der Waals surface area (Å²) in [6, 6.07) is 9.82. The first kappa shape index (κ1) is 24.6. The molecule has 0 aliphatic carbocycles. The molecule has 1 aromatic carbocycles. The van der Waals surface area contributed by atoms with E-state index in [1.807, 2.05) is 19.9 Å². The minimum atomic E-state index is -0.736. The first-order chi connectivity index (χ1) is 17.3. The van der Waals surface area contributed by atoms with Crippen LogP contribution >= 0.6 is 0 Å². The molecule has 0 bridgehead atoms. The first-order valence-electron chi connectivity index (χ1n) is 11.8. The minimum absolute atomic E-state index is 0.0365. The molecule has 5 N–H and O–H groups in total. The number of amides is 3. The van der Waals surface area contributed by atoms with Crippen molar-refractivity contribution in [2.24, 2.45) is 5.73 Å². The number of nitrogens with zero attached hydrogens (tertiary/aromatic N) is 4. The van der Waals surface area contributed by atoms with Gasteiger partial charge in [-0.1, -0.05) is 31.2 Å². The predicted octanol–water partition coefficient (Wildman–Crippen LogP) is 2.95. The molecule has 186 valence electrons. The van der Waals surface area contributed by atoms with E-state index in [0.717, 1.165) is 18.4 Å². The standard InChI is InChI=1S/C26H29N7O3/c1-3-4-7-21(34)32-14-5-6-19(32)25-31-22(23(24(27)35)33(25)28)17-9-11-18(12-10-17)26(36)30-20-13-8-16(2)15-29-20/h4,7-13,15,19H,3,5-6,14,28H2,1-2H3,(H2,27,35)(H,29,30,36). The quantitative estimate of drug-likeness (QED) is 0.344. The van der Waals surface area contributed by atoms with E-state index in [2.05, 4.69) is 15.3 Å². The van der Waals surface area contributed by atoms with Crippen LogP contribution in [0.4, 0.5) is 5.82 Å². The maximum absolute atomic E-state index is 12.7. The summed E-state index contributed by atoms with van der Waals surface area (Å²) in [5.41, 5.74) is 7.96. The number of pyridine rings is 1. The lowest BCUT2D eigenvalue weighted by molar-refractivity contribution is -0.127. The van der Waals surface area contributed by atoms with Crippen molar-refractivity contribution < 1.29 is 14.4 Å². The molecule has 1 fully saturated rings. The smallest absolute Gasteiger partial charge is 0.269 e. The third-order valence-electron chi connectivity index (χ3n) is 6.08. The Hall–Kier alpha value is -4.47. The number of aryl methyl sites for hydroxylation is 1. The maximum Gasteiger partial charge on any atom is 0.269 e. The summed E-state index contributed by atoms with van der Waals surface area (Å²) in [6.45, 7) is 4.44. The van der Waals surface area contributed by atoms with Gasteiger partial charge in [0.1, 0.15) is 11.5 Å². The Morgan fingerprint density at radius 3 is 2.56 bits per heavy atom. The number of nitrogen functional groups attached to an aromatic ring is 1. The van der Waals surface area contributed by atoms with Gasteiger partial charge in [-0.2, -0.15) is 0 Å². The number of primary amides is 1. The highest BCUT2D eigenvalue weighted by atomic mass is 16.2. The van der Waals surface area contributed by atoms with Crippen LogP contribution in [-0.2, 0) is 4.79 Å². The first-order valence-corrected chi connectivity index (χ1v) is 11.8. The van der Waals surface area contributed by atoms with Gasteiger partial charge in [0.2, 0.25) is 5.91 Å². The zero-order chi connectivity index (χ0) is 25.8. The van der Waals surface area contributed by atoms with Crippen molar-refractivity contribution in [2.75, 3.05) is 17.7 Å². The Labute approximate surface area is 209 Å². The summed E-state index contributed by atoms with van der Waals surface area (Å²) < 4.78 is 1.18. The van der Waals surface area contributed by atoms with Gasteiger partial charge in [-0.15, -0.1) is 0 Å². The molecule has 4 rings (SSSR count). The molecule has 0 spiro atoms. The summed E-state index contributed by atoms with van der Waals surface area (Å²) in [7, 11) is 0. The summed E-state index contributed by atoms with van der Waals surface area (Å²) in [6.07, 6.45) is 7.24. The van der Waals surface area contributed by atoms with Crippen molar-refractivity contribution in [3.63, 3.8) is 0 Å². The van der Waals surface area contributed by atoms with Crippen LogP contribution in [0.2, 0.25) is 0 Å². The van der Waals surface area contributed by atoms with Gasteiger partial charge < -0.3 is 21.8 Å². The Kier molecular flexibility index (Phi) is 7.14. The Morgan fingerprint density at radius 1 is 1.17 bits per heavy atom. The number of likely N-dealkylation sites (tertiary alicyclic amines) is 1. The van der Waals surface area contributed by atoms with E-state index in [1.54, 1.807) is 53.6 Å². The molecule has 1 saturated heterocycles. The van der Waals surface area contributed by atoms with Crippen LogP contribution in [0.5, 0.6) is 0 Å². The number of imidazole rings is 1. The lowest BCUT2D eigenvalue weighted by Crippen LogP contribution is -2.33. The van der Waals surface area contributed by atoms with Crippen LogP contribution in [0, 0.1) is 6.92 Å². The van der Waals surface area contributed by atoms with Gasteiger partial charge in [0, 0.05) is 23.9 Å². The number of rotatable bonds is 7. The molecule has 1 atom stereocenters. The van der Waals surface area contributed by atoms with Crippen LogP contribution in [-0.4, -0.2) is 43.8 Å². The molecule has 36 heavy (non-hydrogen) atoms. The van der Waals surface area contributed by atoms with Crippen LogP contribution in [0.1, 0.15) is 64.5 Å². The summed E-state index contributed by atoms with van der Waals surface area (Å²) >= 11 is 0. The van der Waals surface area contributed by atoms with Crippen LogP contribution in [0.15, 0.2) is 54.7 Å². The Bertz CT molecular complexity index is 1310. The van der Waals surface area contributed by atoms with Crippen LogP contribution in [0.3, 0.4) is 0 Å². The third kappa shape index (κ3) is 4.97. The molecular weight excluding hydrogens is 458 g/mol. The topological polar surface area (TPSA) is 149 Å². The van der Waals surface area contributed by atoms with E-state index in [0.29, 0.717) is 41.4 Å². The van der Waals surface area contributed by atoms with E-state index < -0.39 is 5.91 Å². The SMILES string of the molecule is CCC=CC(=O)N1CCCC1c1nc(-c2ccc(C(=O)Nc3ccc(C)cn3)cc2)c(C(N)=O)n1N. The number of carbonyl (C=O) groups is 3. The summed E-state index contributed by atoms with van der Waals surface area (Å²) in [5.74, 6) is 5.94. The Balaban J connectivity index is 1.62. The highest BCUT2D eigenvalue weighted by molar-refractivity contribution is 6.04. The number of nitrogens with two attached hydrogens (primary N) is 2. The van der Waals surface area contributed by atoms with Crippen molar-refractivity contribution in [3.05, 3.63) is 77.4 Å². The van der Waals surface area contributed by atoms with Gasteiger partial charge in [-0.25, -0.2) is 14.6 Å². The number of carbonyl (C=O) groups excluding carboxylic acids is 3. The molecule has 3 amide bonds. The maximum atomic E-state index is 12.7. The van der Waals surface area contributed by atoms with Crippen molar-refractivity contribution in [3.8, 4) is 11.3 Å². The monoisotopic (exact) mass is 487 g/mol. The molecular formula is C26H29N7O3. The molecule has 10 nitrogen and oxygen atoms in total. The number of hydrogen-bond acceptors (Lipinski definition) is 6. The van der Waals surface area contributed by atoms with Gasteiger partial charge in [-0.3, -0.25) is 14.4 Å². The van der Waals surface area contributed by atoms with Crippen LogP contribution in [0.25, 0.3) is 11.3 Å². The molecule has 1 aliphatic heterocycles. The fraction of sp³-hybridized carbons (Fsp3) is 0.269. The van der Waals surface area contributed by atoms with E-state index in [1.165, 1.54) is 4.68 Å². The van der Waals surface area contributed by atoms with E-state index in [9.17, 15) is 14.4 Å². The molecule has 1 aliphatic rings. The third-order valence-corrected chi connectivity index (χ3v) is 6.08. The van der Waals surface area contributed by atoms with Crippen molar-refractivity contribution >= 4 is 23.5 Å². The average molecular weight is 488 g/mol. The number of aromatic nitrogens is 3. The zero-order valence-electron chi connectivity index (χ0n) is 20.3.